The first-order valence-electron chi connectivity index (χ1n) is 9.56. The lowest BCUT2D eigenvalue weighted by Crippen LogP contribution is -2.35. The molecule has 0 saturated heterocycles. The van der Waals surface area contributed by atoms with Gasteiger partial charge in [0.1, 0.15) is 4.21 Å². The van der Waals surface area contributed by atoms with Crippen LogP contribution in [0.2, 0.25) is 0 Å². The zero-order valence-corrected chi connectivity index (χ0v) is 20.6. The van der Waals surface area contributed by atoms with Crippen LogP contribution in [-0.4, -0.2) is 72.1 Å². The molecule has 2 aromatic rings. The second kappa shape index (κ2) is 10.1. The van der Waals surface area contributed by atoms with Gasteiger partial charge in [-0.05, 0) is 29.6 Å². The number of benzene rings is 1. The molecule has 0 saturated carbocycles. The number of amides is 1. The maximum Gasteiger partial charge on any atom is 0.252 e. The Balaban J connectivity index is 2.31. The number of likely N-dealkylation sites (N-methyl/N-ethyl adjacent to an activating group) is 1. The van der Waals surface area contributed by atoms with Crippen molar-refractivity contribution in [2.45, 2.75) is 23.0 Å². The van der Waals surface area contributed by atoms with Gasteiger partial charge < -0.3 is 10.2 Å². The van der Waals surface area contributed by atoms with E-state index in [-0.39, 0.29) is 14.8 Å². The van der Waals surface area contributed by atoms with Crippen LogP contribution in [0.1, 0.15) is 13.8 Å². The average molecular weight is 489 g/mol. The molecule has 172 valence electrons. The molecule has 0 spiro atoms. The summed E-state index contributed by atoms with van der Waals surface area (Å²) in [5.41, 5.74) is 0.876. The normalized spacial score (nSPS) is 12.4. The van der Waals surface area contributed by atoms with Gasteiger partial charge in [0.05, 0.1) is 22.8 Å². The highest BCUT2D eigenvalue weighted by atomic mass is 32.2. The zero-order chi connectivity index (χ0) is 23.4. The summed E-state index contributed by atoms with van der Waals surface area (Å²) in [6.07, 6.45) is 0. The number of thiophene rings is 1. The van der Waals surface area contributed by atoms with Gasteiger partial charge in [0.25, 0.3) is 10.0 Å². The van der Waals surface area contributed by atoms with Crippen molar-refractivity contribution in [2.24, 2.45) is 0 Å². The van der Waals surface area contributed by atoms with Gasteiger partial charge in [-0.3, -0.25) is 4.79 Å². The fourth-order valence-corrected chi connectivity index (χ4v) is 6.73. The van der Waals surface area contributed by atoms with Crippen molar-refractivity contribution in [2.75, 3.05) is 51.0 Å². The van der Waals surface area contributed by atoms with E-state index in [0.717, 1.165) is 15.6 Å². The number of anilines is 2. The Morgan fingerprint density at radius 3 is 2.16 bits per heavy atom. The summed E-state index contributed by atoms with van der Waals surface area (Å²) in [6, 6.07) is 7.59. The van der Waals surface area contributed by atoms with Crippen LogP contribution in [0, 0.1) is 0 Å². The van der Waals surface area contributed by atoms with Gasteiger partial charge in [0.15, 0.2) is 0 Å². The quantitative estimate of drug-likeness (QED) is 0.549. The second-order valence-electron chi connectivity index (χ2n) is 6.90. The van der Waals surface area contributed by atoms with Gasteiger partial charge in [-0.25, -0.2) is 16.8 Å². The van der Waals surface area contributed by atoms with Gasteiger partial charge >= 0.3 is 0 Å². The largest absolute Gasteiger partial charge is 0.376 e. The molecule has 12 heteroatoms. The highest BCUT2D eigenvalue weighted by molar-refractivity contribution is 7.91. The standard InChI is InChI=1S/C19H28N4O5S3/c1-6-23(7-2)30(25,26)15-10-11-17(21(3)4)16(13-15)20-18(24)14-22(5)31(27,28)19-9-8-12-29-19/h8-13H,6-7,14H2,1-5H3,(H,20,24). The van der Waals surface area contributed by atoms with E-state index in [1.165, 1.54) is 29.6 Å². The summed E-state index contributed by atoms with van der Waals surface area (Å²) >= 11 is 1.07. The lowest BCUT2D eigenvalue weighted by molar-refractivity contribution is -0.116. The molecule has 0 aliphatic heterocycles. The molecule has 1 heterocycles. The monoisotopic (exact) mass is 488 g/mol. The zero-order valence-electron chi connectivity index (χ0n) is 18.2. The average Bonchev–Trinajstić information content (AvgIpc) is 3.24. The topological polar surface area (TPSA) is 107 Å². The summed E-state index contributed by atoms with van der Waals surface area (Å²) < 4.78 is 53.3. The Labute approximate surface area is 188 Å². The third-order valence-corrected chi connectivity index (χ3v) is 9.82. The third-order valence-electron chi connectivity index (χ3n) is 4.59. The Morgan fingerprint density at radius 2 is 1.65 bits per heavy atom. The molecule has 0 unspecified atom stereocenters. The highest BCUT2D eigenvalue weighted by Crippen LogP contribution is 2.29. The van der Waals surface area contributed by atoms with Gasteiger partial charge in [0, 0.05) is 34.2 Å². The number of carbonyl (C=O) groups is 1. The minimum absolute atomic E-state index is 0.0525. The van der Waals surface area contributed by atoms with Gasteiger partial charge in [-0.2, -0.15) is 8.61 Å². The SMILES string of the molecule is CCN(CC)S(=O)(=O)c1ccc(N(C)C)c(NC(=O)CN(C)S(=O)(=O)c2cccs2)c1. The number of hydrogen-bond acceptors (Lipinski definition) is 7. The van der Waals surface area contributed by atoms with E-state index >= 15 is 0 Å². The molecule has 0 fully saturated rings. The molecule has 9 nitrogen and oxygen atoms in total. The fraction of sp³-hybridized carbons (Fsp3) is 0.421. The van der Waals surface area contributed by atoms with Crippen LogP contribution >= 0.6 is 11.3 Å². The molecular formula is C19H28N4O5S3. The molecule has 31 heavy (non-hydrogen) atoms. The first-order chi connectivity index (χ1) is 14.4. The highest BCUT2D eigenvalue weighted by Gasteiger charge is 2.26. The number of nitrogens with zero attached hydrogens (tertiary/aromatic N) is 3. The summed E-state index contributed by atoms with van der Waals surface area (Å²) in [5.74, 6) is -0.580. The van der Waals surface area contributed by atoms with Crippen molar-refractivity contribution in [3.05, 3.63) is 35.7 Å². The van der Waals surface area contributed by atoms with Crippen molar-refractivity contribution in [3.8, 4) is 0 Å². The van der Waals surface area contributed by atoms with E-state index < -0.39 is 32.5 Å². The van der Waals surface area contributed by atoms with E-state index in [2.05, 4.69) is 5.32 Å². The summed E-state index contributed by atoms with van der Waals surface area (Å²) in [6.45, 7) is 3.73. The third kappa shape index (κ3) is 5.63. The van der Waals surface area contributed by atoms with Gasteiger partial charge in [0.2, 0.25) is 15.9 Å². The van der Waals surface area contributed by atoms with E-state index in [0.29, 0.717) is 18.8 Å². The van der Waals surface area contributed by atoms with Crippen LogP contribution in [0.25, 0.3) is 0 Å². The van der Waals surface area contributed by atoms with Crippen LogP contribution in [-0.2, 0) is 24.8 Å². The predicted molar refractivity (Wildman–Crippen MR) is 124 cm³/mol. The maximum atomic E-state index is 12.9. The number of hydrogen-bond donors (Lipinski definition) is 1. The number of rotatable bonds is 10. The van der Waals surface area contributed by atoms with Crippen LogP contribution in [0.3, 0.4) is 0 Å². The number of carbonyl (C=O) groups excluding carboxylic acids is 1. The van der Waals surface area contributed by atoms with Crippen LogP contribution < -0.4 is 10.2 Å². The van der Waals surface area contributed by atoms with Gasteiger partial charge in [-0.1, -0.05) is 19.9 Å². The van der Waals surface area contributed by atoms with E-state index in [1.807, 2.05) is 0 Å². The fourth-order valence-electron chi connectivity index (χ4n) is 2.92. The smallest absolute Gasteiger partial charge is 0.252 e. The van der Waals surface area contributed by atoms with Crippen molar-refractivity contribution >= 4 is 48.7 Å². The summed E-state index contributed by atoms with van der Waals surface area (Å²) in [4.78, 5) is 14.4. The minimum atomic E-state index is -3.78. The molecule has 0 aliphatic carbocycles. The molecule has 1 amide bonds. The van der Waals surface area contributed by atoms with E-state index in [4.69, 9.17) is 0 Å². The molecule has 0 bridgehead atoms. The lowest BCUT2D eigenvalue weighted by atomic mass is 10.2. The Kier molecular flexibility index (Phi) is 8.22. The molecule has 2 rings (SSSR count). The van der Waals surface area contributed by atoms with Gasteiger partial charge in [-0.15, -0.1) is 11.3 Å². The van der Waals surface area contributed by atoms with Crippen LogP contribution in [0.4, 0.5) is 11.4 Å². The number of sulfonamides is 2. The summed E-state index contributed by atoms with van der Waals surface area (Å²) in [7, 11) is -2.66. The molecule has 0 aliphatic rings. The number of nitrogens with one attached hydrogen (secondary N) is 1. The summed E-state index contributed by atoms with van der Waals surface area (Å²) in [5, 5.41) is 4.31. The molecule has 0 radical (unpaired) electrons. The first-order valence-corrected chi connectivity index (χ1v) is 13.3. The lowest BCUT2D eigenvalue weighted by Gasteiger charge is -2.22. The van der Waals surface area contributed by atoms with Crippen molar-refractivity contribution < 1.29 is 21.6 Å². The second-order valence-corrected chi connectivity index (χ2v) is 12.1. The molecule has 0 atom stereocenters. The first kappa shape index (κ1) is 25.3. The van der Waals surface area contributed by atoms with E-state index in [1.54, 1.807) is 50.4 Å². The molecule has 1 N–H and O–H groups in total. The molecule has 1 aromatic heterocycles. The Morgan fingerprint density at radius 1 is 1.00 bits per heavy atom. The molecule has 1 aromatic carbocycles. The Hall–Kier alpha value is -1.99. The Bertz CT molecular complexity index is 1110. The van der Waals surface area contributed by atoms with Crippen molar-refractivity contribution in [1.82, 2.24) is 8.61 Å². The maximum absolute atomic E-state index is 12.9. The minimum Gasteiger partial charge on any atom is -0.376 e. The van der Waals surface area contributed by atoms with Crippen molar-refractivity contribution in [1.29, 1.82) is 0 Å². The predicted octanol–water partition coefficient (Wildman–Crippen LogP) is 2.10. The van der Waals surface area contributed by atoms with Crippen LogP contribution in [0.5, 0.6) is 0 Å². The van der Waals surface area contributed by atoms with E-state index in [9.17, 15) is 21.6 Å². The van der Waals surface area contributed by atoms with Crippen LogP contribution in [0.15, 0.2) is 44.8 Å². The molecular weight excluding hydrogens is 460 g/mol. The van der Waals surface area contributed by atoms with Crippen molar-refractivity contribution in [3.63, 3.8) is 0 Å².